The number of rotatable bonds is 10. The van der Waals surface area contributed by atoms with Gasteiger partial charge in [0.25, 0.3) is 0 Å². The monoisotopic (exact) mass is 319 g/mol. The van der Waals surface area contributed by atoms with Gasteiger partial charge >= 0.3 is 17.9 Å². The third-order valence-corrected chi connectivity index (χ3v) is 2.54. The molecule has 0 aliphatic heterocycles. The van der Waals surface area contributed by atoms with Gasteiger partial charge in [-0.15, -0.1) is 0 Å². The van der Waals surface area contributed by atoms with Crippen LogP contribution >= 0.6 is 0 Å². The lowest BCUT2D eigenvalue weighted by Gasteiger charge is -2.22. The molecule has 22 heavy (non-hydrogen) atoms. The molecule has 0 aliphatic rings. The largest absolute Gasteiger partial charge is 0.480 e. The average Bonchev–Trinajstić information content (AvgIpc) is 2.43. The highest BCUT2D eigenvalue weighted by Crippen LogP contribution is 2.14. The molecule has 0 aromatic rings. The number of nitrogens with one attached hydrogen (secondary N) is 1. The van der Waals surface area contributed by atoms with Crippen LogP contribution in [-0.4, -0.2) is 61.9 Å². The highest BCUT2D eigenvalue weighted by atomic mass is 16.5. The third-order valence-electron chi connectivity index (χ3n) is 2.54. The summed E-state index contributed by atoms with van der Waals surface area (Å²) >= 11 is 0. The number of carboxylic acids is 1. The molecule has 2 N–H and O–H groups in total. The fourth-order valence-electron chi connectivity index (χ4n) is 1.67. The molecule has 0 heterocycles. The van der Waals surface area contributed by atoms with Crippen LogP contribution < -0.4 is 5.32 Å². The van der Waals surface area contributed by atoms with Crippen LogP contribution in [0.15, 0.2) is 0 Å². The molecule has 0 unspecified atom stereocenters. The number of esters is 2. The van der Waals surface area contributed by atoms with Gasteiger partial charge in [0.1, 0.15) is 12.6 Å². The van der Waals surface area contributed by atoms with E-state index in [4.69, 9.17) is 9.47 Å². The van der Waals surface area contributed by atoms with Crippen LogP contribution in [0.25, 0.3) is 0 Å². The Bertz CT molecular complexity index is 409. The van der Waals surface area contributed by atoms with E-state index < -0.39 is 42.2 Å². The molecule has 1 amide bonds. The first-order valence-corrected chi connectivity index (χ1v) is 6.70. The van der Waals surface area contributed by atoms with E-state index in [0.717, 1.165) is 0 Å². The van der Waals surface area contributed by atoms with Crippen molar-refractivity contribution in [3.8, 4) is 0 Å². The lowest BCUT2D eigenvalue weighted by atomic mass is 9.96. The number of methoxy groups -OCH3 is 1. The van der Waals surface area contributed by atoms with Gasteiger partial charge in [0.15, 0.2) is 0 Å². The summed E-state index contributed by atoms with van der Waals surface area (Å²) in [6, 6.07) is -1.62. The van der Waals surface area contributed by atoms with E-state index in [2.05, 4.69) is 10.1 Å². The molecule has 0 radical (unpaired) electrons. The minimum absolute atomic E-state index is 0.0104. The standard InChI is InChI=1S/C13H21NO8/c1-4-21-10(16)6-8(13(19)22-5-2)11(12(17)18)14-9(15)7-20-3/h8,11H,4-7H2,1-3H3,(H,14,15)(H,17,18)/t8-,11+/m1/s1. The van der Waals surface area contributed by atoms with Gasteiger partial charge in [-0.2, -0.15) is 0 Å². The summed E-state index contributed by atoms with van der Waals surface area (Å²) < 4.78 is 14.0. The molecule has 9 heteroatoms. The Morgan fingerprint density at radius 1 is 1.09 bits per heavy atom. The zero-order valence-corrected chi connectivity index (χ0v) is 12.8. The first-order valence-electron chi connectivity index (χ1n) is 6.70. The number of hydrogen-bond acceptors (Lipinski definition) is 7. The van der Waals surface area contributed by atoms with Gasteiger partial charge in [0, 0.05) is 7.11 Å². The van der Waals surface area contributed by atoms with E-state index in [-0.39, 0.29) is 19.8 Å². The molecule has 0 aromatic heterocycles. The topological polar surface area (TPSA) is 128 Å². The Kier molecular flexibility index (Phi) is 9.51. The summed E-state index contributed by atoms with van der Waals surface area (Å²) in [7, 11) is 1.26. The van der Waals surface area contributed by atoms with E-state index in [0.29, 0.717) is 0 Å². The van der Waals surface area contributed by atoms with E-state index >= 15 is 0 Å². The van der Waals surface area contributed by atoms with Gasteiger partial charge < -0.3 is 24.6 Å². The molecule has 0 fully saturated rings. The van der Waals surface area contributed by atoms with E-state index in [9.17, 15) is 24.3 Å². The van der Waals surface area contributed by atoms with Crippen molar-refractivity contribution in [3.63, 3.8) is 0 Å². The van der Waals surface area contributed by atoms with Crippen molar-refractivity contribution in [1.82, 2.24) is 5.32 Å². The first-order chi connectivity index (χ1) is 10.4. The average molecular weight is 319 g/mol. The lowest BCUT2D eigenvalue weighted by Crippen LogP contribution is -2.50. The summed E-state index contributed by atoms with van der Waals surface area (Å²) in [4.78, 5) is 46.2. The Labute approximate surface area is 127 Å². The van der Waals surface area contributed by atoms with Crippen LogP contribution in [0.5, 0.6) is 0 Å². The molecule has 0 aliphatic carbocycles. The van der Waals surface area contributed by atoms with Gasteiger partial charge in [0.2, 0.25) is 5.91 Å². The number of carboxylic acid groups (broad SMARTS) is 1. The normalized spacial score (nSPS) is 12.9. The number of hydrogen-bond donors (Lipinski definition) is 2. The van der Waals surface area contributed by atoms with Crippen LogP contribution in [0.3, 0.4) is 0 Å². The Morgan fingerprint density at radius 2 is 1.68 bits per heavy atom. The molecule has 0 bridgehead atoms. The molecule has 0 aromatic carbocycles. The SMILES string of the molecule is CCOC(=O)C[C@@H](C(=O)OCC)[C@H](NC(=O)COC)C(=O)O. The zero-order chi connectivity index (χ0) is 17.1. The second-order valence-corrected chi connectivity index (χ2v) is 4.18. The molecule has 126 valence electrons. The molecule has 9 nitrogen and oxygen atoms in total. The fourth-order valence-corrected chi connectivity index (χ4v) is 1.67. The Hall–Kier alpha value is -2.16. The number of carbonyl (C=O) groups is 4. The summed E-state index contributed by atoms with van der Waals surface area (Å²) in [5, 5.41) is 11.3. The number of amides is 1. The molecular weight excluding hydrogens is 298 g/mol. The summed E-state index contributed by atoms with van der Waals surface area (Å²) in [5.74, 6) is -5.24. The first kappa shape index (κ1) is 19.8. The second-order valence-electron chi connectivity index (χ2n) is 4.18. The van der Waals surface area contributed by atoms with Gasteiger partial charge in [-0.1, -0.05) is 0 Å². The van der Waals surface area contributed by atoms with Crippen molar-refractivity contribution in [2.75, 3.05) is 26.9 Å². The predicted molar refractivity (Wildman–Crippen MR) is 72.8 cm³/mol. The number of carbonyl (C=O) groups excluding carboxylic acids is 3. The summed E-state index contributed by atoms with van der Waals surface area (Å²) in [5.41, 5.74) is 0. The van der Waals surface area contributed by atoms with Crippen molar-refractivity contribution >= 4 is 23.8 Å². The molecule has 0 rings (SSSR count). The zero-order valence-electron chi connectivity index (χ0n) is 12.8. The predicted octanol–water partition coefficient (Wildman–Crippen LogP) is -0.665. The Morgan fingerprint density at radius 3 is 2.14 bits per heavy atom. The molecule has 0 saturated carbocycles. The van der Waals surface area contributed by atoms with E-state index in [1.54, 1.807) is 13.8 Å². The summed E-state index contributed by atoms with van der Waals surface area (Å²) in [6.45, 7) is 2.84. The van der Waals surface area contributed by atoms with Crippen LogP contribution in [0.4, 0.5) is 0 Å². The highest BCUT2D eigenvalue weighted by molar-refractivity contribution is 5.90. The van der Waals surface area contributed by atoms with Gasteiger partial charge in [-0.3, -0.25) is 14.4 Å². The van der Waals surface area contributed by atoms with Gasteiger partial charge in [-0.05, 0) is 13.8 Å². The molecular formula is C13H21NO8. The van der Waals surface area contributed by atoms with Crippen molar-refractivity contribution in [2.24, 2.45) is 5.92 Å². The van der Waals surface area contributed by atoms with Crippen LogP contribution in [-0.2, 0) is 33.4 Å². The third kappa shape index (κ3) is 7.02. The second kappa shape index (κ2) is 10.6. The fraction of sp³-hybridized carbons (Fsp3) is 0.692. The smallest absolute Gasteiger partial charge is 0.327 e. The summed E-state index contributed by atoms with van der Waals surface area (Å²) in [6.07, 6.45) is -0.517. The van der Waals surface area contributed by atoms with E-state index in [1.807, 2.05) is 0 Å². The van der Waals surface area contributed by atoms with Crippen LogP contribution in [0.2, 0.25) is 0 Å². The molecule has 2 atom stereocenters. The van der Waals surface area contributed by atoms with Crippen molar-refractivity contribution in [1.29, 1.82) is 0 Å². The minimum atomic E-state index is -1.62. The number of aliphatic carboxylic acids is 1. The van der Waals surface area contributed by atoms with Crippen molar-refractivity contribution in [2.45, 2.75) is 26.3 Å². The number of ether oxygens (including phenoxy) is 3. The maximum Gasteiger partial charge on any atom is 0.327 e. The lowest BCUT2D eigenvalue weighted by molar-refractivity contribution is -0.160. The van der Waals surface area contributed by atoms with Gasteiger partial charge in [0.05, 0.1) is 25.6 Å². The van der Waals surface area contributed by atoms with Gasteiger partial charge in [-0.25, -0.2) is 4.79 Å². The minimum Gasteiger partial charge on any atom is -0.480 e. The quantitative estimate of drug-likeness (QED) is 0.508. The molecule has 0 saturated heterocycles. The maximum absolute atomic E-state index is 11.9. The molecule has 0 spiro atoms. The highest BCUT2D eigenvalue weighted by Gasteiger charge is 2.38. The van der Waals surface area contributed by atoms with Crippen molar-refractivity contribution < 1.29 is 38.5 Å². The Balaban J connectivity index is 5.18. The van der Waals surface area contributed by atoms with Crippen LogP contribution in [0.1, 0.15) is 20.3 Å². The van der Waals surface area contributed by atoms with Crippen LogP contribution in [0, 0.1) is 5.92 Å². The maximum atomic E-state index is 11.9. The van der Waals surface area contributed by atoms with E-state index in [1.165, 1.54) is 7.11 Å². The van der Waals surface area contributed by atoms with Crippen molar-refractivity contribution in [3.05, 3.63) is 0 Å².